The van der Waals surface area contributed by atoms with Crippen LogP contribution in [-0.2, 0) is 6.54 Å². The molecule has 7 nitrogen and oxygen atoms in total. The quantitative estimate of drug-likeness (QED) is 0.758. The predicted molar refractivity (Wildman–Crippen MR) is 105 cm³/mol. The SMILES string of the molecule is CC1CCN(C(=O)c2nc(C(=O)NCc3ccccn3)n3ccccc23)CC1. The van der Waals surface area contributed by atoms with Crippen molar-refractivity contribution in [3.8, 4) is 0 Å². The summed E-state index contributed by atoms with van der Waals surface area (Å²) >= 11 is 0. The third kappa shape index (κ3) is 3.60. The van der Waals surface area contributed by atoms with Crippen LogP contribution in [0, 0.1) is 5.92 Å². The summed E-state index contributed by atoms with van der Waals surface area (Å²) in [6.45, 7) is 3.96. The van der Waals surface area contributed by atoms with Gasteiger partial charge < -0.3 is 10.2 Å². The minimum atomic E-state index is -0.335. The lowest BCUT2D eigenvalue weighted by Gasteiger charge is -2.29. The van der Waals surface area contributed by atoms with Crippen molar-refractivity contribution in [1.82, 2.24) is 24.6 Å². The zero-order valence-corrected chi connectivity index (χ0v) is 15.8. The maximum atomic E-state index is 13.0. The van der Waals surface area contributed by atoms with E-state index < -0.39 is 0 Å². The Labute approximate surface area is 163 Å². The molecule has 144 valence electrons. The van der Waals surface area contributed by atoms with Crippen molar-refractivity contribution in [2.24, 2.45) is 5.92 Å². The zero-order valence-electron chi connectivity index (χ0n) is 15.8. The minimum Gasteiger partial charge on any atom is -0.344 e. The lowest BCUT2D eigenvalue weighted by Crippen LogP contribution is -2.38. The zero-order chi connectivity index (χ0) is 19.5. The Morgan fingerprint density at radius 3 is 2.68 bits per heavy atom. The first-order valence-corrected chi connectivity index (χ1v) is 9.58. The average molecular weight is 377 g/mol. The van der Waals surface area contributed by atoms with Gasteiger partial charge in [-0.3, -0.25) is 19.0 Å². The van der Waals surface area contributed by atoms with Crippen LogP contribution in [0.15, 0.2) is 48.8 Å². The second-order valence-corrected chi connectivity index (χ2v) is 7.22. The number of carbonyl (C=O) groups excluding carboxylic acids is 2. The lowest BCUT2D eigenvalue weighted by molar-refractivity contribution is 0.0694. The molecule has 0 atom stereocenters. The molecule has 28 heavy (non-hydrogen) atoms. The number of fused-ring (bicyclic) bond motifs is 1. The Hall–Kier alpha value is -3.22. The number of hydrogen-bond donors (Lipinski definition) is 1. The largest absolute Gasteiger partial charge is 0.344 e. The van der Waals surface area contributed by atoms with Crippen molar-refractivity contribution < 1.29 is 9.59 Å². The van der Waals surface area contributed by atoms with Crippen LogP contribution in [0.3, 0.4) is 0 Å². The topological polar surface area (TPSA) is 79.6 Å². The molecule has 0 bridgehead atoms. The van der Waals surface area contributed by atoms with Crippen LogP contribution in [0.5, 0.6) is 0 Å². The van der Waals surface area contributed by atoms with Gasteiger partial charge in [0.05, 0.1) is 17.8 Å². The Morgan fingerprint density at radius 2 is 1.93 bits per heavy atom. The second kappa shape index (κ2) is 7.80. The van der Waals surface area contributed by atoms with Crippen LogP contribution < -0.4 is 5.32 Å². The second-order valence-electron chi connectivity index (χ2n) is 7.22. The molecule has 0 aliphatic carbocycles. The van der Waals surface area contributed by atoms with E-state index in [0.717, 1.165) is 31.6 Å². The number of carbonyl (C=O) groups is 2. The van der Waals surface area contributed by atoms with Crippen molar-refractivity contribution in [1.29, 1.82) is 0 Å². The molecule has 2 amide bonds. The highest BCUT2D eigenvalue weighted by Crippen LogP contribution is 2.21. The van der Waals surface area contributed by atoms with Crippen LogP contribution in [0.1, 0.15) is 46.6 Å². The Balaban J connectivity index is 1.59. The fourth-order valence-electron chi connectivity index (χ4n) is 3.47. The van der Waals surface area contributed by atoms with Crippen LogP contribution in [0.2, 0.25) is 0 Å². The van der Waals surface area contributed by atoms with Gasteiger partial charge in [0.15, 0.2) is 5.69 Å². The molecule has 0 unspecified atom stereocenters. The Kier molecular flexibility index (Phi) is 5.06. The van der Waals surface area contributed by atoms with Gasteiger partial charge in [-0.25, -0.2) is 4.98 Å². The summed E-state index contributed by atoms with van der Waals surface area (Å²) in [5, 5.41) is 2.84. The summed E-state index contributed by atoms with van der Waals surface area (Å²) in [4.78, 5) is 36.3. The smallest absolute Gasteiger partial charge is 0.288 e. The lowest BCUT2D eigenvalue weighted by atomic mass is 9.99. The first-order valence-electron chi connectivity index (χ1n) is 9.58. The van der Waals surface area contributed by atoms with Gasteiger partial charge in [0.25, 0.3) is 11.8 Å². The van der Waals surface area contributed by atoms with Crippen LogP contribution in [0.4, 0.5) is 0 Å². The van der Waals surface area contributed by atoms with E-state index in [9.17, 15) is 9.59 Å². The molecule has 7 heteroatoms. The minimum absolute atomic E-state index is 0.112. The first kappa shape index (κ1) is 18.2. The van der Waals surface area contributed by atoms with Crippen molar-refractivity contribution in [3.05, 3.63) is 66.0 Å². The van der Waals surface area contributed by atoms with Crippen LogP contribution in [0.25, 0.3) is 5.52 Å². The number of hydrogen-bond acceptors (Lipinski definition) is 4. The molecule has 3 aromatic heterocycles. The van der Waals surface area contributed by atoms with Crippen molar-refractivity contribution in [3.63, 3.8) is 0 Å². The number of amides is 2. The molecule has 1 aliphatic rings. The molecule has 1 saturated heterocycles. The van der Waals surface area contributed by atoms with Gasteiger partial charge in [0, 0.05) is 25.5 Å². The molecular weight excluding hydrogens is 354 g/mol. The van der Waals surface area contributed by atoms with E-state index in [0.29, 0.717) is 23.7 Å². The standard InChI is InChI=1S/C21H23N5O2/c1-15-8-12-25(13-9-15)21(28)18-17-7-3-5-11-26(17)19(24-18)20(27)23-14-16-6-2-4-10-22-16/h2-7,10-11,15H,8-9,12-14H2,1H3,(H,23,27). The average Bonchev–Trinajstić information content (AvgIpc) is 3.13. The van der Waals surface area contributed by atoms with E-state index in [4.69, 9.17) is 0 Å². The molecule has 4 rings (SSSR count). The fraction of sp³-hybridized carbons (Fsp3) is 0.333. The van der Waals surface area contributed by atoms with Gasteiger partial charge in [-0.15, -0.1) is 0 Å². The highest BCUT2D eigenvalue weighted by Gasteiger charge is 2.27. The maximum absolute atomic E-state index is 13.0. The van der Waals surface area contributed by atoms with Crippen molar-refractivity contribution >= 4 is 17.3 Å². The van der Waals surface area contributed by atoms with Crippen LogP contribution in [-0.4, -0.2) is 44.2 Å². The Morgan fingerprint density at radius 1 is 1.14 bits per heavy atom. The maximum Gasteiger partial charge on any atom is 0.288 e. The number of aromatic nitrogens is 3. The summed E-state index contributed by atoms with van der Waals surface area (Å²) in [6, 6.07) is 11.0. The highest BCUT2D eigenvalue weighted by molar-refractivity contribution is 6.02. The predicted octanol–water partition coefficient (Wildman–Crippen LogP) is 2.53. The van der Waals surface area contributed by atoms with Crippen molar-refractivity contribution in [2.45, 2.75) is 26.3 Å². The number of rotatable bonds is 4. The summed E-state index contributed by atoms with van der Waals surface area (Å²) in [5.41, 5.74) is 1.74. The van der Waals surface area contributed by atoms with E-state index in [1.165, 1.54) is 0 Å². The van der Waals surface area contributed by atoms with Gasteiger partial charge in [-0.05, 0) is 43.0 Å². The molecule has 1 fully saturated rings. The third-order valence-corrected chi connectivity index (χ3v) is 5.18. The molecule has 0 aromatic carbocycles. The molecule has 0 saturated carbocycles. The van der Waals surface area contributed by atoms with Gasteiger partial charge in [-0.2, -0.15) is 0 Å². The summed E-state index contributed by atoms with van der Waals surface area (Å²) < 4.78 is 1.67. The molecule has 0 radical (unpaired) electrons. The van der Waals surface area contributed by atoms with Gasteiger partial charge in [0.1, 0.15) is 0 Å². The van der Waals surface area contributed by atoms with E-state index in [2.05, 4.69) is 22.2 Å². The van der Waals surface area contributed by atoms with Gasteiger partial charge >= 0.3 is 0 Å². The first-order chi connectivity index (χ1) is 13.6. The number of piperidine rings is 1. The number of likely N-dealkylation sites (tertiary alicyclic amines) is 1. The summed E-state index contributed by atoms with van der Waals surface area (Å²) in [5.74, 6) is 0.397. The molecule has 0 spiro atoms. The number of pyridine rings is 2. The highest BCUT2D eigenvalue weighted by atomic mass is 16.2. The molecule has 3 aromatic rings. The third-order valence-electron chi connectivity index (χ3n) is 5.18. The summed E-state index contributed by atoms with van der Waals surface area (Å²) in [6.07, 6.45) is 5.43. The molecule has 4 heterocycles. The van der Waals surface area contributed by atoms with E-state index in [1.54, 1.807) is 16.8 Å². The van der Waals surface area contributed by atoms with Crippen molar-refractivity contribution in [2.75, 3.05) is 13.1 Å². The monoisotopic (exact) mass is 377 g/mol. The molecule has 1 aliphatic heterocycles. The van der Waals surface area contributed by atoms with Gasteiger partial charge in [-0.1, -0.05) is 19.1 Å². The van der Waals surface area contributed by atoms with E-state index in [-0.39, 0.29) is 17.6 Å². The fourth-order valence-corrected chi connectivity index (χ4v) is 3.47. The summed E-state index contributed by atoms with van der Waals surface area (Å²) in [7, 11) is 0. The number of nitrogens with one attached hydrogen (secondary N) is 1. The number of imidazole rings is 1. The Bertz CT molecular complexity index is 990. The normalized spacial score (nSPS) is 15.0. The molecular formula is C21H23N5O2. The van der Waals surface area contributed by atoms with Crippen LogP contribution >= 0.6 is 0 Å². The number of nitrogens with zero attached hydrogens (tertiary/aromatic N) is 4. The van der Waals surface area contributed by atoms with Gasteiger partial charge in [0.2, 0.25) is 5.82 Å². The van der Waals surface area contributed by atoms with E-state index in [1.807, 2.05) is 41.3 Å². The van der Waals surface area contributed by atoms with E-state index >= 15 is 0 Å². The molecule has 1 N–H and O–H groups in total.